The summed E-state index contributed by atoms with van der Waals surface area (Å²) in [5.74, 6) is 0.181. The van der Waals surface area contributed by atoms with Crippen LogP contribution in [0.2, 0.25) is 0 Å². The molecule has 0 amide bonds. The van der Waals surface area contributed by atoms with Crippen LogP contribution in [0, 0.1) is 0 Å². The van der Waals surface area contributed by atoms with E-state index in [1.165, 1.54) is 0 Å². The third-order valence-corrected chi connectivity index (χ3v) is 3.41. The van der Waals surface area contributed by atoms with Gasteiger partial charge in [-0.3, -0.25) is 9.98 Å². The third-order valence-electron chi connectivity index (χ3n) is 2.60. The van der Waals surface area contributed by atoms with Crippen LogP contribution in [-0.2, 0) is 0 Å². The number of phenols is 1. The van der Waals surface area contributed by atoms with E-state index in [4.69, 9.17) is 0 Å². The van der Waals surface area contributed by atoms with Gasteiger partial charge in [-0.05, 0) is 35.7 Å². The number of aliphatic imine (C=N–C) groups is 1. The molecule has 1 aromatic carbocycles. The first kappa shape index (κ1) is 10.9. The molecular weight excluding hydrogens is 244 g/mol. The zero-order chi connectivity index (χ0) is 12.4. The van der Waals surface area contributed by atoms with Crippen LogP contribution in [0.25, 0.3) is 10.9 Å². The molecule has 88 valence electrons. The van der Waals surface area contributed by atoms with E-state index in [0.29, 0.717) is 5.52 Å². The molecule has 3 nitrogen and oxygen atoms in total. The largest absolute Gasteiger partial charge is 0.506 e. The summed E-state index contributed by atoms with van der Waals surface area (Å²) in [4.78, 5) is 9.71. The van der Waals surface area contributed by atoms with Crippen molar-refractivity contribution < 1.29 is 5.11 Å². The molecule has 0 saturated heterocycles. The third kappa shape index (κ3) is 1.98. The highest BCUT2D eigenvalue weighted by atomic mass is 32.1. The first-order valence-corrected chi connectivity index (χ1v) is 6.37. The van der Waals surface area contributed by atoms with E-state index >= 15 is 0 Å². The minimum Gasteiger partial charge on any atom is -0.506 e. The number of aromatic nitrogens is 1. The number of hydrogen-bond acceptors (Lipinski definition) is 4. The van der Waals surface area contributed by atoms with Gasteiger partial charge in [0.25, 0.3) is 0 Å². The quantitative estimate of drug-likeness (QED) is 0.708. The van der Waals surface area contributed by atoms with E-state index in [1.54, 1.807) is 29.7 Å². The summed E-state index contributed by atoms with van der Waals surface area (Å²) in [6.07, 6.45) is 3.48. The van der Waals surface area contributed by atoms with Gasteiger partial charge in [-0.15, -0.1) is 11.3 Å². The van der Waals surface area contributed by atoms with Gasteiger partial charge in [-0.2, -0.15) is 0 Å². The molecule has 0 fully saturated rings. The number of fused-ring (bicyclic) bond motifs is 1. The van der Waals surface area contributed by atoms with Crippen molar-refractivity contribution in [2.45, 2.75) is 0 Å². The van der Waals surface area contributed by atoms with Gasteiger partial charge in [-0.25, -0.2) is 0 Å². The topological polar surface area (TPSA) is 45.5 Å². The summed E-state index contributed by atoms with van der Waals surface area (Å²) in [5.41, 5.74) is 1.39. The number of benzene rings is 1. The average Bonchev–Trinajstić information content (AvgIpc) is 2.92. The van der Waals surface area contributed by atoms with Crippen molar-refractivity contribution in [2.75, 3.05) is 0 Å². The molecule has 1 N–H and O–H groups in total. The number of pyridine rings is 1. The molecule has 0 atom stereocenters. The van der Waals surface area contributed by atoms with Crippen molar-refractivity contribution in [3.63, 3.8) is 0 Å². The number of phenolic OH excluding ortho intramolecular Hbond substituents is 1. The second-order valence-corrected chi connectivity index (χ2v) is 4.76. The molecule has 0 aliphatic rings. The predicted octanol–water partition coefficient (Wildman–Crippen LogP) is 3.75. The Labute approximate surface area is 108 Å². The number of aromatic hydroxyl groups is 1. The zero-order valence-electron chi connectivity index (χ0n) is 9.45. The normalized spacial score (nSPS) is 11.3. The minimum absolute atomic E-state index is 0.181. The first-order chi connectivity index (χ1) is 8.84. The molecule has 2 heterocycles. The van der Waals surface area contributed by atoms with Crippen molar-refractivity contribution in [2.24, 2.45) is 4.99 Å². The molecule has 18 heavy (non-hydrogen) atoms. The maximum Gasteiger partial charge on any atom is 0.141 e. The molecule has 0 aliphatic heterocycles. The van der Waals surface area contributed by atoms with E-state index in [0.717, 1.165) is 16.0 Å². The van der Waals surface area contributed by atoms with Crippen LogP contribution >= 0.6 is 11.3 Å². The lowest BCUT2D eigenvalue weighted by molar-refractivity contribution is 0.480. The van der Waals surface area contributed by atoms with Gasteiger partial charge in [-0.1, -0.05) is 6.07 Å². The van der Waals surface area contributed by atoms with Crippen molar-refractivity contribution in [1.82, 2.24) is 4.98 Å². The number of thiophene rings is 1. The van der Waals surface area contributed by atoms with Gasteiger partial charge in [0.2, 0.25) is 0 Å². The highest BCUT2D eigenvalue weighted by Gasteiger charge is 2.04. The summed E-state index contributed by atoms with van der Waals surface area (Å²) in [6, 6.07) is 11.2. The van der Waals surface area contributed by atoms with Crippen LogP contribution in [0.4, 0.5) is 5.69 Å². The fourth-order valence-electron chi connectivity index (χ4n) is 1.75. The molecule has 0 unspecified atom stereocenters. The fraction of sp³-hybridized carbons (Fsp3) is 0. The summed E-state index contributed by atoms with van der Waals surface area (Å²) in [7, 11) is 0. The molecule has 3 aromatic rings. The molecule has 4 heteroatoms. The SMILES string of the molecule is Oc1ccc(N=Cc2cccs2)c2cccnc12. The van der Waals surface area contributed by atoms with Gasteiger partial charge in [0.1, 0.15) is 11.3 Å². The Morgan fingerprint density at radius 3 is 2.94 bits per heavy atom. The molecular formula is C14H10N2OS. The average molecular weight is 254 g/mol. The Bertz CT molecular complexity index is 705. The maximum atomic E-state index is 9.74. The van der Waals surface area contributed by atoms with E-state index < -0.39 is 0 Å². The Morgan fingerprint density at radius 2 is 2.11 bits per heavy atom. The smallest absolute Gasteiger partial charge is 0.141 e. The molecule has 0 spiro atoms. The van der Waals surface area contributed by atoms with Gasteiger partial charge < -0.3 is 5.11 Å². The van der Waals surface area contributed by atoms with Crippen molar-refractivity contribution in [1.29, 1.82) is 0 Å². The van der Waals surface area contributed by atoms with Gasteiger partial charge in [0.05, 0.1) is 5.69 Å². The van der Waals surface area contributed by atoms with Crippen molar-refractivity contribution in [3.05, 3.63) is 52.9 Å². The van der Waals surface area contributed by atoms with Crippen LogP contribution in [-0.4, -0.2) is 16.3 Å². The Kier molecular flexibility index (Phi) is 2.78. The van der Waals surface area contributed by atoms with Gasteiger partial charge in [0, 0.05) is 22.7 Å². The second kappa shape index (κ2) is 4.58. The fourth-order valence-corrected chi connectivity index (χ4v) is 2.34. The maximum absolute atomic E-state index is 9.74. The standard InChI is InChI=1S/C14H10N2OS/c17-13-6-5-12(11-4-1-7-15-14(11)13)16-9-10-3-2-8-18-10/h1-9,17H. The number of hydrogen-bond donors (Lipinski definition) is 1. The van der Waals surface area contributed by atoms with Gasteiger partial charge in [0.15, 0.2) is 0 Å². The van der Waals surface area contributed by atoms with Crippen LogP contribution in [0.3, 0.4) is 0 Å². The van der Waals surface area contributed by atoms with E-state index in [2.05, 4.69) is 9.98 Å². The molecule has 0 bridgehead atoms. The van der Waals surface area contributed by atoms with Crippen LogP contribution in [0.5, 0.6) is 5.75 Å². The predicted molar refractivity (Wildman–Crippen MR) is 75.0 cm³/mol. The molecule has 2 aromatic heterocycles. The monoisotopic (exact) mass is 254 g/mol. The molecule has 0 radical (unpaired) electrons. The second-order valence-electron chi connectivity index (χ2n) is 3.78. The molecule has 0 aliphatic carbocycles. The van der Waals surface area contributed by atoms with E-state index in [-0.39, 0.29) is 5.75 Å². The van der Waals surface area contributed by atoms with Crippen molar-refractivity contribution in [3.8, 4) is 5.75 Å². The Balaban J connectivity index is 2.10. The minimum atomic E-state index is 0.181. The summed E-state index contributed by atoms with van der Waals surface area (Å²) >= 11 is 1.64. The zero-order valence-corrected chi connectivity index (χ0v) is 10.3. The molecule has 3 rings (SSSR count). The van der Waals surface area contributed by atoms with E-state index in [9.17, 15) is 5.11 Å². The van der Waals surface area contributed by atoms with Crippen LogP contribution in [0.15, 0.2) is 53.0 Å². The van der Waals surface area contributed by atoms with Crippen LogP contribution < -0.4 is 0 Å². The highest BCUT2D eigenvalue weighted by Crippen LogP contribution is 2.30. The lowest BCUT2D eigenvalue weighted by Crippen LogP contribution is -1.80. The lowest BCUT2D eigenvalue weighted by atomic mass is 10.1. The Morgan fingerprint density at radius 1 is 1.17 bits per heavy atom. The summed E-state index contributed by atoms with van der Waals surface area (Å²) in [6.45, 7) is 0. The summed E-state index contributed by atoms with van der Waals surface area (Å²) < 4.78 is 0. The Hall–Kier alpha value is -2.20. The molecule has 0 saturated carbocycles. The van der Waals surface area contributed by atoms with Gasteiger partial charge >= 0.3 is 0 Å². The van der Waals surface area contributed by atoms with E-state index in [1.807, 2.05) is 35.9 Å². The highest BCUT2D eigenvalue weighted by molar-refractivity contribution is 7.11. The first-order valence-electron chi connectivity index (χ1n) is 5.49. The van der Waals surface area contributed by atoms with Crippen molar-refractivity contribution >= 4 is 34.1 Å². The summed E-state index contributed by atoms with van der Waals surface area (Å²) in [5, 5.41) is 12.6. The lowest BCUT2D eigenvalue weighted by Gasteiger charge is -2.02. The number of nitrogens with zero attached hydrogens (tertiary/aromatic N) is 2. The van der Waals surface area contributed by atoms with Crippen LogP contribution in [0.1, 0.15) is 4.88 Å². The number of rotatable bonds is 2.